The highest BCUT2D eigenvalue weighted by atomic mass is 16.5. The Bertz CT molecular complexity index is 593. The molecule has 0 spiro atoms. The summed E-state index contributed by atoms with van der Waals surface area (Å²) < 4.78 is 5.25. The summed E-state index contributed by atoms with van der Waals surface area (Å²) in [5.41, 5.74) is 3.49. The minimum atomic E-state index is 0.633. The number of benzene rings is 1. The van der Waals surface area contributed by atoms with Crippen LogP contribution in [0.5, 0.6) is 0 Å². The molecule has 2 aromatic rings. The van der Waals surface area contributed by atoms with Crippen LogP contribution in [-0.2, 0) is 11.3 Å². The third-order valence-corrected chi connectivity index (χ3v) is 4.44. The fourth-order valence-electron chi connectivity index (χ4n) is 3.29. The Morgan fingerprint density at radius 3 is 3.14 bits per heavy atom. The van der Waals surface area contributed by atoms with E-state index in [2.05, 4.69) is 35.0 Å². The van der Waals surface area contributed by atoms with Crippen LogP contribution in [0.4, 0.5) is 0 Å². The number of aromatic amines is 1. The van der Waals surface area contributed by atoms with Crippen LogP contribution >= 0.6 is 0 Å². The lowest BCUT2D eigenvalue weighted by Gasteiger charge is -2.35. The minimum absolute atomic E-state index is 0.633. The molecule has 0 aliphatic carbocycles. The zero-order valence-electron chi connectivity index (χ0n) is 13.1. The van der Waals surface area contributed by atoms with Crippen molar-refractivity contribution in [3.8, 4) is 0 Å². The van der Waals surface area contributed by atoms with Gasteiger partial charge in [0.1, 0.15) is 5.82 Å². The van der Waals surface area contributed by atoms with E-state index in [-0.39, 0.29) is 0 Å². The second kappa shape index (κ2) is 6.58. The summed E-state index contributed by atoms with van der Waals surface area (Å²) in [5.74, 6) is 1.08. The van der Waals surface area contributed by atoms with E-state index in [0.717, 1.165) is 36.4 Å². The van der Waals surface area contributed by atoms with Gasteiger partial charge in [0.15, 0.2) is 0 Å². The molecular weight excluding hydrogens is 262 g/mol. The Labute approximate surface area is 126 Å². The monoisotopic (exact) mass is 287 g/mol. The van der Waals surface area contributed by atoms with E-state index in [1.807, 2.05) is 0 Å². The number of rotatable bonds is 5. The average molecular weight is 287 g/mol. The number of likely N-dealkylation sites (tertiary alicyclic amines) is 1. The molecule has 1 fully saturated rings. The number of nitrogens with one attached hydrogen (secondary N) is 1. The lowest BCUT2D eigenvalue weighted by molar-refractivity contribution is 0.0956. The van der Waals surface area contributed by atoms with Crippen molar-refractivity contribution in [1.29, 1.82) is 0 Å². The van der Waals surface area contributed by atoms with Gasteiger partial charge in [-0.2, -0.15) is 0 Å². The van der Waals surface area contributed by atoms with E-state index in [4.69, 9.17) is 9.72 Å². The van der Waals surface area contributed by atoms with Crippen LogP contribution in [-0.4, -0.2) is 41.2 Å². The van der Waals surface area contributed by atoms with Crippen LogP contribution in [0.25, 0.3) is 11.0 Å². The first kappa shape index (κ1) is 14.5. The van der Waals surface area contributed by atoms with Gasteiger partial charge in [-0.25, -0.2) is 4.98 Å². The molecule has 0 bridgehead atoms. The second-order valence-corrected chi connectivity index (χ2v) is 6.11. The Morgan fingerprint density at radius 2 is 2.29 bits per heavy atom. The summed E-state index contributed by atoms with van der Waals surface area (Å²) in [7, 11) is 1.79. The molecule has 1 aliphatic rings. The third kappa shape index (κ3) is 3.44. The summed E-state index contributed by atoms with van der Waals surface area (Å²) in [5, 5.41) is 0. The van der Waals surface area contributed by atoms with Crippen LogP contribution < -0.4 is 0 Å². The van der Waals surface area contributed by atoms with Gasteiger partial charge in [0.2, 0.25) is 0 Å². The maximum Gasteiger partial charge on any atom is 0.121 e. The average Bonchev–Trinajstić information content (AvgIpc) is 2.87. The maximum absolute atomic E-state index is 5.25. The van der Waals surface area contributed by atoms with Gasteiger partial charge in [-0.15, -0.1) is 0 Å². The van der Waals surface area contributed by atoms with E-state index < -0.39 is 0 Å². The van der Waals surface area contributed by atoms with E-state index in [1.54, 1.807) is 7.11 Å². The first-order valence-corrected chi connectivity index (χ1v) is 7.94. The van der Waals surface area contributed by atoms with Gasteiger partial charge < -0.3 is 9.72 Å². The Morgan fingerprint density at radius 1 is 1.38 bits per heavy atom. The second-order valence-electron chi connectivity index (χ2n) is 6.11. The van der Waals surface area contributed by atoms with Crippen LogP contribution in [0.3, 0.4) is 0 Å². The number of piperidine rings is 1. The first-order chi connectivity index (χ1) is 10.3. The van der Waals surface area contributed by atoms with Gasteiger partial charge in [-0.05, 0) is 50.4 Å². The molecule has 4 nitrogen and oxygen atoms in total. The number of nitrogens with zero attached hydrogens (tertiary/aromatic N) is 2. The molecule has 1 aromatic carbocycles. The zero-order valence-corrected chi connectivity index (χ0v) is 13.1. The highest BCUT2D eigenvalue weighted by Gasteiger charge is 2.23. The number of methoxy groups -OCH3 is 1. The van der Waals surface area contributed by atoms with E-state index in [1.165, 1.54) is 31.4 Å². The smallest absolute Gasteiger partial charge is 0.121 e. The number of aromatic nitrogens is 2. The van der Waals surface area contributed by atoms with Crippen molar-refractivity contribution < 1.29 is 4.74 Å². The van der Waals surface area contributed by atoms with Gasteiger partial charge >= 0.3 is 0 Å². The van der Waals surface area contributed by atoms with Crippen molar-refractivity contribution in [1.82, 2.24) is 14.9 Å². The summed E-state index contributed by atoms with van der Waals surface area (Å²) in [4.78, 5) is 10.8. The van der Waals surface area contributed by atoms with E-state index in [9.17, 15) is 0 Å². The lowest BCUT2D eigenvalue weighted by atomic mass is 10.00. The largest absolute Gasteiger partial charge is 0.385 e. The summed E-state index contributed by atoms with van der Waals surface area (Å²) in [6.45, 7) is 5.05. The molecule has 1 atom stereocenters. The predicted molar refractivity (Wildman–Crippen MR) is 85.4 cm³/mol. The SMILES string of the molecule is COCC[C@@H]1CCCCN1Cc1nc2ccc(C)cc2[nH]1. The molecule has 2 heterocycles. The molecule has 0 saturated carbocycles. The zero-order chi connectivity index (χ0) is 14.7. The molecule has 4 heteroatoms. The molecular formula is C17H25N3O. The van der Waals surface area contributed by atoms with E-state index >= 15 is 0 Å². The predicted octanol–water partition coefficient (Wildman–Crippen LogP) is 3.26. The number of imidazole rings is 1. The standard InChI is InChI=1S/C17H25N3O/c1-13-6-7-15-16(11-13)19-17(18-15)12-20-9-4-3-5-14(20)8-10-21-2/h6-7,11,14H,3-5,8-10,12H2,1-2H3,(H,18,19)/t14-/m0/s1. The molecule has 1 aromatic heterocycles. The van der Waals surface area contributed by atoms with E-state index in [0.29, 0.717) is 6.04 Å². The summed E-state index contributed by atoms with van der Waals surface area (Å²) in [6.07, 6.45) is 5.03. The molecule has 0 radical (unpaired) electrons. The van der Waals surface area contributed by atoms with Crippen molar-refractivity contribution in [2.24, 2.45) is 0 Å². The number of aryl methyl sites for hydroxylation is 1. The maximum atomic E-state index is 5.25. The Hall–Kier alpha value is -1.39. The minimum Gasteiger partial charge on any atom is -0.385 e. The van der Waals surface area contributed by atoms with Crippen molar-refractivity contribution >= 4 is 11.0 Å². The first-order valence-electron chi connectivity index (χ1n) is 7.94. The molecule has 0 unspecified atom stereocenters. The molecule has 1 aliphatic heterocycles. The fraction of sp³-hybridized carbons (Fsp3) is 0.588. The van der Waals surface area contributed by atoms with Crippen LogP contribution in [0, 0.1) is 6.92 Å². The highest BCUT2D eigenvalue weighted by molar-refractivity contribution is 5.75. The summed E-state index contributed by atoms with van der Waals surface area (Å²) >= 11 is 0. The van der Waals surface area contributed by atoms with Crippen molar-refractivity contribution in [2.45, 2.75) is 45.2 Å². The third-order valence-electron chi connectivity index (χ3n) is 4.44. The molecule has 1 saturated heterocycles. The number of ether oxygens (including phenoxy) is 1. The van der Waals surface area contributed by atoms with Crippen molar-refractivity contribution in [2.75, 3.05) is 20.3 Å². The molecule has 3 rings (SSSR count). The fourth-order valence-corrected chi connectivity index (χ4v) is 3.29. The van der Waals surface area contributed by atoms with Crippen LogP contribution in [0.15, 0.2) is 18.2 Å². The normalized spacial score (nSPS) is 20.2. The summed E-state index contributed by atoms with van der Waals surface area (Å²) in [6, 6.07) is 7.02. The van der Waals surface area contributed by atoms with Gasteiger partial charge in [0.25, 0.3) is 0 Å². The van der Waals surface area contributed by atoms with Gasteiger partial charge in [-0.1, -0.05) is 12.5 Å². The molecule has 21 heavy (non-hydrogen) atoms. The topological polar surface area (TPSA) is 41.1 Å². The van der Waals surface area contributed by atoms with Crippen LogP contribution in [0.1, 0.15) is 37.1 Å². The Kier molecular flexibility index (Phi) is 4.56. The number of hydrogen-bond acceptors (Lipinski definition) is 3. The lowest BCUT2D eigenvalue weighted by Crippen LogP contribution is -2.39. The van der Waals surface area contributed by atoms with Crippen molar-refractivity contribution in [3.63, 3.8) is 0 Å². The van der Waals surface area contributed by atoms with Gasteiger partial charge in [0, 0.05) is 19.8 Å². The molecule has 0 amide bonds. The Balaban J connectivity index is 1.72. The molecule has 114 valence electrons. The van der Waals surface area contributed by atoms with Gasteiger partial charge in [-0.3, -0.25) is 4.90 Å². The number of H-pyrrole nitrogens is 1. The van der Waals surface area contributed by atoms with Crippen LogP contribution in [0.2, 0.25) is 0 Å². The highest BCUT2D eigenvalue weighted by Crippen LogP contribution is 2.22. The van der Waals surface area contributed by atoms with Crippen molar-refractivity contribution in [3.05, 3.63) is 29.6 Å². The quantitative estimate of drug-likeness (QED) is 0.917. The number of hydrogen-bond donors (Lipinski definition) is 1. The van der Waals surface area contributed by atoms with Gasteiger partial charge in [0.05, 0.1) is 17.6 Å². The number of fused-ring (bicyclic) bond motifs is 1. The molecule has 1 N–H and O–H groups in total.